The molecule has 2 aromatic carbocycles. The van der Waals surface area contributed by atoms with Crippen LogP contribution in [0.2, 0.25) is 0 Å². The summed E-state index contributed by atoms with van der Waals surface area (Å²) in [6.45, 7) is 2.84. The van der Waals surface area contributed by atoms with E-state index in [-0.39, 0.29) is 0 Å². The highest BCUT2D eigenvalue weighted by molar-refractivity contribution is 7.15. The molecular weight excluding hydrogens is 394 g/mol. The largest absolute Gasteiger partial charge is 0.391 e. The van der Waals surface area contributed by atoms with Gasteiger partial charge in [0.05, 0.1) is 25.4 Å². The molecule has 0 saturated carbocycles. The van der Waals surface area contributed by atoms with Gasteiger partial charge in [-0.25, -0.2) is 8.78 Å². The normalized spacial score (nSPS) is 18.8. The van der Waals surface area contributed by atoms with Gasteiger partial charge in [-0.1, -0.05) is 30.3 Å². The molecule has 1 aromatic heterocycles. The topological polar surface area (TPSA) is 49.7 Å². The summed E-state index contributed by atoms with van der Waals surface area (Å²) < 4.78 is 31.1. The molecule has 2 atom stereocenters. The summed E-state index contributed by atoms with van der Waals surface area (Å²) in [5, 5.41) is 17.6. The maximum atomic E-state index is 13.3. The van der Waals surface area contributed by atoms with Crippen molar-refractivity contribution in [3.8, 4) is 10.4 Å². The number of aliphatic hydroxyl groups excluding tert-OH is 2. The van der Waals surface area contributed by atoms with Crippen molar-refractivity contribution in [2.24, 2.45) is 0 Å². The number of thiophene rings is 1. The summed E-state index contributed by atoms with van der Waals surface area (Å²) >= 11 is 1.61. The number of aryl methyl sites for hydroxylation is 1. The second-order valence-corrected chi connectivity index (χ2v) is 8.25. The fourth-order valence-electron chi connectivity index (χ4n) is 3.06. The van der Waals surface area contributed by atoms with Crippen LogP contribution >= 0.6 is 11.3 Å². The molecule has 1 aliphatic rings. The molecule has 4 rings (SSSR count). The average molecular weight is 419 g/mol. The number of aliphatic hydroxyl groups is 2. The number of rotatable bonds is 3. The lowest BCUT2D eigenvalue weighted by atomic mass is 10.1. The lowest BCUT2D eigenvalue weighted by molar-refractivity contribution is -0.0714. The van der Waals surface area contributed by atoms with Crippen LogP contribution in [0.4, 0.5) is 8.78 Å². The van der Waals surface area contributed by atoms with Crippen molar-refractivity contribution in [3.63, 3.8) is 0 Å². The number of hydrogen-bond acceptors (Lipinski definition) is 4. The third kappa shape index (κ3) is 6.18. The van der Waals surface area contributed by atoms with E-state index in [4.69, 9.17) is 14.9 Å². The van der Waals surface area contributed by atoms with E-state index in [1.165, 1.54) is 28.1 Å². The van der Waals surface area contributed by atoms with E-state index >= 15 is 0 Å². The molecule has 0 amide bonds. The van der Waals surface area contributed by atoms with Crippen molar-refractivity contribution in [1.29, 1.82) is 0 Å². The Bertz CT molecular complexity index is 933. The molecule has 2 unspecified atom stereocenters. The SMILES string of the molecule is Cc1ccccc1Cc1ccc(-c2ccc(F)c(F)c2)s1.OC1COCC(O)C1. The fourth-order valence-corrected chi connectivity index (χ4v) is 4.09. The lowest BCUT2D eigenvalue weighted by Gasteiger charge is -2.21. The Hall–Kier alpha value is -2.12. The molecule has 0 radical (unpaired) electrons. The minimum atomic E-state index is -0.810. The van der Waals surface area contributed by atoms with Gasteiger partial charge in [0.25, 0.3) is 0 Å². The standard InChI is InChI=1S/C18H14F2S.C5H10O3/c1-12-4-2-3-5-13(12)10-15-7-9-18(21-15)14-6-8-16(19)17(20)11-14;6-4-1-5(7)3-8-2-4/h2-9,11H,10H2,1H3;4-7H,1-3H2. The molecule has 1 saturated heterocycles. The first-order valence-electron chi connectivity index (χ1n) is 9.45. The van der Waals surface area contributed by atoms with Crippen LogP contribution in [0.25, 0.3) is 10.4 Å². The molecule has 0 aliphatic carbocycles. The van der Waals surface area contributed by atoms with Crippen LogP contribution in [0.15, 0.2) is 54.6 Å². The fraction of sp³-hybridized carbons (Fsp3) is 0.304. The van der Waals surface area contributed by atoms with Crippen molar-refractivity contribution >= 4 is 11.3 Å². The van der Waals surface area contributed by atoms with Crippen LogP contribution in [0, 0.1) is 18.6 Å². The lowest BCUT2D eigenvalue weighted by Crippen LogP contribution is -2.32. The van der Waals surface area contributed by atoms with Gasteiger partial charge in [0, 0.05) is 22.6 Å². The highest BCUT2D eigenvalue weighted by Crippen LogP contribution is 2.30. The molecule has 0 bridgehead atoms. The second kappa shape index (κ2) is 10.1. The predicted octanol–water partition coefficient (Wildman–Crippen LogP) is 4.72. The Morgan fingerprint density at radius 2 is 1.69 bits per heavy atom. The van der Waals surface area contributed by atoms with E-state index in [9.17, 15) is 8.78 Å². The molecular formula is C23H24F2O3S. The van der Waals surface area contributed by atoms with Crippen LogP contribution in [-0.4, -0.2) is 35.6 Å². The van der Waals surface area contributed by atoms with Crippen molar-refractivity contribution in [3.05, 3.63) is 82.2 Å². The summed E-state index contributed by atoms with van der Waals surface area (Å²) in [6, 6.07) is 16.3. The number of halogens is 2. The van der Waals surface area contributed by atoms with Crippen LogP contribution in [0.3, 0.4) is 0 Å². The van der Waals surface area contributed by atoms with Crippen molar-refractivity contribution in [2.45, 2.75) is 32.0 Å². The summed E-state index contributed by atoms with van der Waals surface area (Å²) in [5.74, 6) is -1.61. The minimum Gasteiger partial charge on any atom is -0.391 e. The zero-order valence-electron chi connectivity index (χ0n) is 16.1. The van der Waals surface area contributed by atoms with Gasteiger partial charge in [0.15, 0.2) is 11.6 Å². The third-order valence-electron chi connectivity index (χ3n) is 4.66. The smallest absolute Gasteiger partial charge is 0.159 e. The maximum absolute atomic E-state index is 13.3. The van der Waals surface area contributed by atoms with Crippen molar-refractivity contribution in [1.82, 2.24) is 0 Å². The summed E-state index contributed by atoms with van der Waals surface area (Å²) in [5.41, 5.74) is 3.27. The molecule has 1 aliphatic heterocycles. The Labute approximate surface area is 173 Å². The Morgan fingerprint density at radius 1 is 0.966 bits per heavy atom. The van der Waals surface area contributed by atoms with Gasteiger partial charge in [-0.3, -0.25) is 0 Å². The monoisotopic (exact) mass is 418 g/mol. The molecule has 2 N–H and O–H groups in total. The van der Waals surface area contributed by atoms with Crippen LogP contribution < -0.4 is 0 Å². The average Bonchev–Trinajstić information content (AvgIpc) is 3.15. The Morgan fingerprint density at radius 3 is 2.31 bits per heavy atom. The Kier molecular flexibility index (Phi) is 7.50. The molecule has 0 spiro atoms. The van der Waals surface area contributed by atoms with E-state index < -0.39 is 23.8 Å². The quantitative estimate of drug-likeness (QED) is 0.647. The second-order valence-electron chi connectivity index (χ2n) is 7.08. The van der Waals surface area contributed by atoms with Crippen LogP contribution in [-0.2, 0) is 11.2 Å². The van der Waals surface area contributed by atoms with E-state index in [1.54, 1.807) is 17.4 Å². The maximum Gasteiger partial charge on any atom is 0.159 e. The van der Waals surface area contributed by atoms with Gasteiger partial charge >= 0.3 is 0 Å². The molecule has 3 aromatic rings. The Balaban J connectivity index is 0.000000252. The summed E-state index contributed by atoms with van der Waals surface area (Å²) in [7, 11) is 0. The van der Waals surface area contributed by atoms with Crippen molar-refractivity contribution in [2.75, 3.05) is 13.2 Å². The zero-order chi connectivity index (χ0) is 20.8. The number of ether oxygens (including phenoxy) is 1. The zero-order valence-corrected chi connectivity index (χ0v) is 17.0. The van der Waals surface area contributed by atoms with Crippen LogP contribution in [0.5, 0.6) is 0 Å². The number of benzene rings is 2. The minimum absolute atomic E-state index is 0.372. The predicted molar refractivity (Wildman–Crippen MR) is 111 cm³/mol. The molecule has 1 fully saturated rings. The van der Waals surface area contributed by atoms with Crippen molar-refractivity contribution < 1.29 is 23.7 Å². The van der Waals surface area contributed by atoms with Gasteiger partial charge in [0.1, 0.15) is 0 Å². The van der Waals surface area contributed by atoms with Gasteiger partial charge in [-0.2, -0.15) is 0 Å². The first-order valence-corrected chi connectivity index (χ1v) is 10.3. The molecule has 29 heavy (non-hydrogen) atoms. The summed E-state index contributed by atoms with van der Waals surface area (Å²) in [4.78, 5) is 2.17. The molecule has 3 nitrogen and oxygen atoms in total. The first kappa shape index (κ1) is 21.6. The highest BCUT2D eigenvalue weighted by Gasteiger charge is 2.17. The molecule has 2 heterocycles. The van der Waals surface area contributed by atoms with Gasteiger partial charge in [-0.15, -0.1) is 11.3 Å². The van der Waals surface area contributed by atoms with Crippen LogP contribution in [0.1, 0.15) is 22.4 Å². The van der Waals surface area contributed by atoms with E-state index in [0.717, 1.165) is 16.9 Å². The van der Waals surface area contributed by atoms with Gasteiger partial charge in [0.2, 0.25) is 0 Å². The van der Waals surface area contributed by atoms with E-state index in [1.807, 2.05) is 24.3 Å². The van der Waals surface area contributed by atoms with Gasteiger partial charge in [-0.05, 0) is 47.9 Å². The van der Waals surface area contributed by atoms with Gasteiger partial charge < -0.3 is 14.9 Å². The summed E-state index contributed by atoms with van der Waals surface area (Å²) in [6.07, 6.45) is 0.401. The molecule has 6 heteroatoms. The highest BCUT2D eigenvalue weighted by atomic mass is 32.1. The number of hydrogen-bond donors (Lipinski definition) is 2. The van der Waals surface area contributed by atoms with E-state index in [0.29, 0.717) is 19.6 Å². The third-order valence-corrected chi connectivity index (χ3v) is 5.79. The molecule has 154 valence electrons. The van der Waals surface area contributed by atoms with E-state index in [2.05, 4.69) is 19.1 Å². The first-order chi connectivity index (χ1) is 13.9.